The van der Waals surface area contributed by atoms with Crippen molar-refractivity contribution in [2.75, 3.05) is 6.61 Å². The molecule has 5 heteroatoms. The fourth-order valence-corrected chi connectivity index (χ4v) is 3.60. The molecule has 0 unspecified atom stereocenters. The van der Waals surface area contributed by atoms with Crippen molar-refractivity contribution in [1.29, 1.82) is 0 Å². The molecule has 0 heterocycles. The highest BCUT2D eigenvalue weighted by Gasteiger charge is 2.03. The van der Waals surface area contributed by atoms with Gasteiger partial charge in [-0.05, 0) is 61.0 Å². The molecule has 3 aromatic carbocycles. The van der Waals surface area contributed by atoms with Crippen molar-refractivity contribution >= 4 is 43.8 Å². The minimum Gasteiger partial charge on any atom is -0.492 e. The van der Waals surface area contributed by atoms with Crippen molar-refractivity contribution in [3.63, 3.8) is 0 Å². The van der Waals surface area contributed by atoms with E-state index in [-0.39, 0.29) is 0 Å². The van der Waals surface area contributed by atoms with Gasteiger partial charge in [0.25, 0.3) is 0 Å². The number of benzene rings is 3. The molecule has 0 spiro atoms. The van der Waals surface area contributed by atoms with Gasteiger partial charge in [-0.3, -0.25) is 4.99 Å². The summed E-state index contributed by atoms with van der Waals surface area (Å²) in [5.41, 5.74) is 2.91. The predicted octanol–water partition coefficient (Wildman–Crippen LogP) is 6.94. The summed E-state index contributed by atoms with van der Waals surface area (Å²) in [7, 11) is 0. The summed E-state index contributed by atoms with van der Waals surface area (Å²) in [5, 5.41) is 0. The summed E-state index contributed by atoms with van der Waals surface area (Å²) in [6.07, 6.45) is 1.83. The molecular formula is C22H19Br2NO2. The molecule has 0 aliphatic heterocycles. The number of halogens is 2. The van der Waals surface area contributed by atoms with Crippen LogP contribution in [-0.2, 0) is 6.61 Å². The van der Waals surface area contributed by atoms with Crippen LogP contribution >= 0.6 is 31.9 Å². The molecule has 27 heavy (non-hydrogen) atoms. The van der Waals surface area contributed by atoms with Gasteiger partial charge in [0, 0.05) is 20.7 Å². The van der Waals surface area contributed by atoms with E-state index in [1.54, 1.807) is 0 Å². The van der Waals surface area contributed by atoms with E-state index in [1.807, 2.05) is 79.9 Å². The highest BCUT2D eigenvalue weighted by atomic mass is 79.9. The Hall–Kier alpha value is -2.11. The lowest BCUT2D eigenvalue weighted by molar-refractivity contribution is 0.305. The average molecular weight is 489 g/mol. The second-order valence-corrected chi connectivity index (χ2v) is 7.52. The first-order chi connectivity index (χ1) is 13.2. The molecule has 0 aliphatic rings. The molecule has 3 rings (SSSR count). The molecular weight excluding hydrogens is 470 g/mol. The van der Waals surface area contributed by atoms with Crippen molar-refractivity contribution < 1.29 is 9.47 Å². The van der Waals surface area contributed by atoms with Gasteiger partial charge in [-0.2, -0.15) is 0 Å². The first-order valence-electron chi connectivity index (χ1n) is 8.58. The van der Waals surface area contributed by atoms with E-state index in [4.69, 9.17) is 9.47 Å². The Labute approximate surface area is 176 Å². The zero-order chi connectivity index (χ0) is 19.1. The van der Waals surface area contributed by atoms with Crippen LogP contribution in [0.4, 0.5) is 5.69 Å². The van der Waals surface area contributed by atoms with Crippen molar-refractivity contribution in [2.24, 2.45) is 4.99 Å². The Morgan fingerprint density at radius 3 is 2.44 bits per heavy atom. The minimum atomic E-state index is 0.503. The van der Waals surface area contributed by atoms with E-state index in [0.29, 0.717) is 13.2 Å². The van der Waals surface area contributed by atoms with E-state index in [9.17, 15) is 0 Å². The molecule has 0 bridgehead atoms. The molecule has 0 amide bonds. The van der Waals surface area contributed by atoms with E-state index >= 15 is 0 Å². The van der Waals surface area contributed by atoms with Crippen LogP contribution in [0.25, 0.3) is 0 Å². The summed E-state index contributed by atoms with van der Waals surface area (Å²) in [4.78, 5) is 4.54. The van der Waals surface area contributed by atoms with E-state index < -0.39 is 0 Å². The lowest BCUT2D eigenvalue weighted by Crippen LogP contribution is -1.96. The predicted molar refractivity (Wildman–Crippen MR) is 117 cm³/mol. The first kappa shape index (κ1) is 19.6. The van der Waals surface area contributed by atoms with Crippen LogP contribution < -0.4 is 9.47 Å². The number of ether oxygens (including phenoxy) is 2. The van der Waals surface area contributed by atoms with Crippen LogP contribution in [0.2, 0.25) is 0 Å². The third kappa shape index (κ3) is 5.68. The molecule has 138 valence electrons. The van der Waals surface area contributed by atoms with E-state index in [2.05, 4.69) is 36.9 Å². The third-order valence-electron chi connectivity index (χ3n) is 3.81. The normalized spacial score (nSPS) is 10.9. The summed E-state index contributed by atoms with van der Waals surface area (Å²) in [5.74, 6) is 1.60. The molecule has 0 radical (unpaired) electrons. The van der Waals surface area contributed by atoms with Gasteiger partial charge in [0.05, 0.1) is 6.61 Å². The largest absolute Gasteiger partial charge is 0.492 e. The maximum absolute atomic E-state index is 5.87. The van der Waals surface area contributed by atoms with Gasteiger partial charge >= 0.3 is 0 Å². The quantitative estimate of drug-likeness (QED) is 0.337. The maximum atomic E-state index is 5.87. The van der Waals surface area contributed by atoms with Crippen molar-refractivity contribution in [3.8, 4) is 11.5 Å². The minimum absolute atomic E-state index is 0.503. The first-order valence-corrected chi connectivity index (χ1v) is 10.2. The molecule has 0 N–H and O–H groups in total. The lowest BCUT2D eigenvalue weighted by atomic mass is 10.2. The second kappa shape index (κ2) is 9.72. The number of nitrogens with zero attached hydrogens (tertiary/aromatic N) is 1. The Morgan fingerprint density at radius 2 is 1.70 bits per heavy atom. The van der Waals surface area contributed by atoms with E-state index in [1.165, 1.54) is 0 Å². The average Bonchev–Trinajstić information content (AvgIpc) is 2.68. The zero-order valence-electron chi connectivity index (χ0n) is 14.9. The number of hydrogen-bond donors (Lipinski definition) is 0. The monoisotopic (exact) mass is 487 g/mol. The number of hydrogen-bond acceptors (Lipinski definition) is 3. The summed E-state index contributed by atoms with van der Waals surface area (Å²) < 4.78 is 13.5. The molecule has 0 saturated heterocycles. The van der Waals surface area contributed by atoms with Gasteiger partial charge in [-0.25, -0.2) is 0 Å². The maximum Gasteiger partial charge on any atom is 0.144 e. The van der Waals surface area contributed by atoms with Crippen molar-refractivity contribution in [3.05, 3.63) is 86.8 Å². The standard InChI is InChI=1S/C22H19Br2NO2/c1-2-26-22-6-4-3-5-21(22)25-14-16-7-11-19(12-8-16)27-15-17-9-10-18(23)13-20(17)24/h3-14H,2,15H2,1H3. The number of para-hydroxylation sites is 2. The molecule has 0 aromatic heterocycles. The SMILES string of the molecule is CCOc1ccccc1N=Cc1ccc(OCc2ccc(Br)cc2Br)cc1. The molecule has 0 fully saturated rings. The smallest absolute Gasteiger partial charge is 0.144 e. The molecule has 3 nitrogen and oxygen atoms in total. The van der Waals surface area contributed by atoms with Crippen LogP contribution in [0, 0.1) is 0 Å². The summed E-state index contributed by atoms with van der Waals surface area (Å²) >= 11 is 7.01. The van der Waals surface area contributed by atoms with Gasteiger partial charge < -0.3 is 9.47 Å². The Kier molecular flexibility index (Phi) is 7.07. The third-order valence-corrected chi connectivity index (χ3v) is 5.04. The Balaban J connectivity index is 1.63. The van der Waals surface area contributed by atoms with Gasteiger partial charge in [0.1, 0.15) is 23.8 Å². The van der Waals surface area contributed by atoms with Crippen LogP contribution in [-0.4, -0.2) is 12.8 Å². The number of rotatable bonds is 7. The zero-order valence-corrected chi connectivity index (χ0v) is 18.0. The highest BCUT2D eigenvalue weighted by molar-refractivity contribution is 9.11. The lowest BCUT2D eigenvalue weighted by Gasteiger charge is -2.08. The molecule has 0 aliphatic carbocycles. The fourth-order valence-electron chi connectivity index (χ4n) is 2.44. The molecule has 0 atom stereocenters. The topological polar surface area (TPSA) is 30.8 Å². The number of aliphatic imine (C=N–C) groups is 1. The molecule has 3 aromatic rings. The van der Waals surface area contributed by atoms with Gasteiger partial charge in [0.15, 0.2) is 0 Å². The molecule has 0 saturated carbocycles. The van der Waals surface area contributed by atoms with E-state index in [0.717, 1.165) is 37.3 Å². The Bertz CT molecular complexity index is 924. The van der Waals surface area contributed by atoms with Crippen molar-refractivity contribution in [1.82, 2.24) is 0 Å². The van der Waals surface area contributed by atoms with Crippen LogP contribution in [0.5, 0.6) is 11.5 Å². The van der Waals surface area contributed by atoms with Gasteiger partial charge in [-0.1, -0.05) is 50.1 Å². The summed E-state index contributed by atoms with van der Waals surface area (Å²) in [6, 6.07) is 21.7. The van der Waals surface area contributed by atoms with Crippen LogP contribution in [0.3, 0.4) is 0 Å². The highest BCUT2D eigenvalue weighted by Crippen LogP contribution is 2.27. The fraction of sp³-hybridized carbons (Fsp3) is 0.136. The van der Waals surface area contributed by atoms with Gasteiger partial charge in [-0.15, -0.1) is 0 Å². The summed E-state index contributed by atoms with van der Waals surface area (Å²) in [6.45, 7) is 3.09. The van der Waals surface area contributed by atoms with Crippen LogP contribution in [0.15, 0.2) is 80.7 Å². The van der Waals surface area contributed by atoms with Crippen molar-refractivity contribution in [2.45, 2.75) is 13.5 Å². The Morgan fingerprint density at radius 1 is 0.926 bits per heavy atom. The van der Waals surface area contributed by atoms with Gasteiger partial charge in [0.2, 0.25) is 0 Å². The van der Waals surface area contributed by atoms with Crippen LogP contribution in [0.1, 0.15) is 18.1 Å². The second-order valence-electron chi connectivity index (χ2n) is 5.75.